The van der Waals surface area contributed by atoms with Gasteiger partial charge in [-0.3, -0.25) is 14.5 Å². The lowest BCUT2D eigenvalue weighted by molar-refractivity contribution is 0.483. The molecule has 10 aromatic rings. The maximum atomic E-state index is 6.57. The fraction of sp³-hybridized carbons (Fsp3) is 0. The Morgan fingerprint density at radius 2 is 1.06 bits per heavy atom. The average molecular weight is 693 g/mol. The number of benzene rings is 6. The summed E-state index contributed by atoms with van der Waals surface area (Å²) in [5.74, 6) is 2.35. The molecular weight excluding hydrogens is 661 g/mol. The molecule has 0 fully saturated rings. The summed E-state index contributed by atoms with van der Waals surface area (Å²) in [5, 5.41) is 4.53. The molecule has 0 aliphatic rings. The number of nitrogens with zero attached hydrogens (tertiary/aromatic N) is 4. The van der Waals surface area contributed by atoms with Crippen LogP contribution in [0.1, 0.15) is 0 Å². The second-order valence-electron chi connectivity index (χ2n) is 13.3. The molecule has 0 aliphatic carbocycles. The van der Waals surface area contributed by atoms with Crippen molar-refractivity contribution in [3.05, 3.63) is 195 Å². The van der Waals surface area contributed by atoms with Crippen LogP contribution in [0.4, 0.5) is 0 Å². The van der Waals surface area contributed by atoms with Crippen molar-refractivity contribution < 1.29 is 4.74 Å². The van der Waals surface area contributed by atoms with Gasteiger partial charge in [-0.2, -0.15) is 0 Å². The van der Waals surface area contributed by atoms with Gasteiger partial charge in [0.05, 0.1) is 22.4 Å². The highest BCUT2D eigenvalue weighted by atomic mass is 16.5. The third-order valence-corrected chi connectivity index (χ3v) is 9.99. The fourth-order valence-electron chi connectivity index (χ4n) is 7.44. The Kier molecular flexibility index (Phi) is 7.73. The molecule has 5 nitrogen and oxygen atoms in total. The predicted molar refractivity (Wildman–Crippen MR) is 220 cm³/mol. The maximum Gasteiger partial charge on any atom is 0.137 e. The van der Waals surface area contributed by atoms with Crippen LogP contribution >= 0.6 is 0 Å². The zero-order valence-corrected chi connectivity index (χ0v) is 29.2. The van der Waals surface area contributed by atoms with Gasteiger partial charge in [-0.15, -0.1) is 0 Å². The summed E-state index contributed by atoms with van der Waals surface area (Å²) >= 11 is 0. The van der Waals surface area contributed by atoms with E-state index in [1.165, 1.54) is 5.39 Å². The number of hydrogen-bond acceptors (Lipinski definition) is 4. The van der Waals surface area contributed by atoms with Crippen LogP contribution in [0.2, 0.25) is 0 Å². The van der Waals surface area contributed by atoms with Crippen molar-refractivity contribution in [1.82, 2.24) is 19.5 Å². The molecule has 0 saturated heterocycles. The van der Waals surface area contributed by atoms with E-state index in [0.29, 0.717) is 0 Å². The molecular formula is C49H32N4O. The van der Waals surface area contributed by atoms with Crippen molar-refractivity contribution in [2.45, 2.75) is 0 Å². The predicted octanol–water partition coefficient (Wildman–Crippen LogP) is 12.6. The van der Waals surface area contributed by atoms with E-state index in [2.05, 4.69) is 136 Å². The summed E-state index contributed by atoms with van der Waals surface area (Å²) in [6, 6.07) is 60.8. The minimum Gasteiger partial charge on any atom is -0.457 e. The summed E-state index contributed by atoms with van der Waals surface area (Å²) in [6.07, 6.45) is 5.54. The average Bonchev–Trinajstić information content (AvgIpc) is 3.57. The van der Waals surface area contributed by atoms with Crippen LogP contribution in [0.3, 0.4) is 0 Å². The minimum absolute atomic E-state index is 0.739. The quantitative estimate of drug-likeness (QED) is 0.167. The molecule has 10 rings (SSSR count). The highest BCUT2D eigenvalue weighted by Gasteiger charge is 2.15. The summed E-state index contributed by atoms with van der Waals surface area (Å²) in [5.41, 5.74) is 10.7. The van der Waals surface area contributed by atoms with Crippen LogP contribution in [-0.2, 0) is 0 Å². The largest absolute Gasteiger partial charge is 0.457 e. The van der Waals surface area contributed by atoms with E-state index in [-0.39, 0.29) is 0 Å². The van der Waals surface area contributed by atoms with Crippen LogP contribution in [-0.4, -0.2) is 19.5 Å². The molecule has 0 aliphatic heterocycles. The third kappa shape index (κ3) is 5.74. The molecule has 4 heterocycles. The zero-order chi connectivity index (χ0) is 35.8. The Labute approximate surface area is 312 Å². The molecule has 0 N–H and O–H groups in total. The Balaban J connectivity index is 0.990. The Bertz CT molecular complexity index is 2970. The van der Waals surface area contributed by atoms with Gasteiger partial charge in [0.25, 0.3) is 0 Å². The zero-order valence-electron chi connectivity index (χ0n) is 29.2. The molecule has 4 aromatic heterocycles. The lowest BCUT2D eigenvalue weighted by Gasteiger charge is -2.12. The molecule has 54 heavy (non-hydrogen) atoms. The van der Waals surface area contributed by atoms with Gasteiger partial charge in [0.2, 0.25) is 0 Å². The monoisotopic (exact) mass is 692 g/mol. The second-order valence-corrected chi connectivity index (χ2v) is 13.3. The first kappa shape index (κ1) is 31.4. The van der Waals surface area contributed by atoms with Crippen LogP contribution in [0.15, 0.2) is 195 Å². The Morgan fingerprint density at radius 1 is 0.370 bits per heavy atom. The molecule has 0 spiro atoms. The summed E-state index contributed by atoms with van der Waals surface area (Å²) in [7, 11) is 0. The van der Waals surface area contributed by atoms with Crippen LogP contribution in [0.25, 0.3) is 83.2 Å². The van der Waals surface area contributed by atoms with Crippen molar-refractivity contribution in [3.8, 4) is 62.1 Å². The van der Waals surface area contributed by atoms with Gasteiger partial charge in [0.1, 0.15) is 17.3 Å². The first-order valence-corrected chi connectivity index (χ1v) is 18.0. The van der Waals surface area contributed by atoms with E-state index in [4.69, 9.17) is 9.72 Å². The Hall–Kier alpha value is -7.37. The summed E-state index contributed by atoms with van der Waals surface area (Å²) in [6.45, 7) is 0. The second kappa shape index (κ2) is 13.3. The first-order valence-electron chi connectivity index (χ1n) is 18.0. The van der Waals surface area contributed by atoms with Crippen molar-refractivity contribution in [3.63, 3.8) is 0 Å². The fourth-order valence-corrected chi connectivity index (χ4v) is 7.44. The number of pyridine rings is 3. The molecule has 254 valence electrons. The van der Waals surface area contributed by atoms with Gasteiger partial charge in [-0.05, 0) is 107 Å². The van der Waals surface area contributed by atoms with E-state index >= 15 is 0 Å². The van der Waals surface area contributed by atoms with Crippen molar-refractivity contribution in [1.29, 1.82) is 0 Å². The molecule has 0 atom stereocenters. The molecule has 6 aromatic carbocycles. The molecule has 0 saturated carbocycles. The number of hydrogen-bond donors (Lipinski definition) is 0. The molecule has 0 amide bonds. The molecule has 5 heteroatoms. The third-order valence-electron chi connectivity index (χ3n) is 9.99. The maximum absolute atomic E-state index is 6.57. The summed E-state index contributed by atoms with van der Waals surface area (Å²) < 4.78 is 8.76. The van der Waals surface area contributed by atoms with E-state index in [1.54, 1.807) is 0 Å². The van der Waals surface area contributed by atoms with E-state index < -0.39 is 0 Å². The normalized spacial score (nSPS) is 11.3. The highest BCUT2D eigenvalue weighted by molar-refractivity contribution is 6.09. The van der Waals surface area contributed by atoms with Crippen LogP contribution in [0.5, 0.6) is 11.5 Å². The van der Waals surface area contributed by atoms with Crippen LogP contribution in [0, 0.1) is 0 Å². The lowest BCUT2D eigenvalue weighted by atomic mass is 9.95. The molecule has 0 unspecified atom stereocenters. The van der Waals surface area contributed by atoms with Gasteiger partial charge < -0.3 is 4.74 Å². The van der Waals surface area contributed by atoms with E-state index in [1.807, 2.05) is 73.2 Å². The number of rotatable bonds is 7. The van der Waals surface area contributed by atoms with E-state index in [9.17, 15) is 0 Å². The lowest BCUT2D eigenvalue weighted by Crippen LogP contribution is -1.96. The highest BCUT2D eigenvalue weighted by Crippen LogP contribution is 2.37. The Morgan fingerprint density at radius 3 is 1.87 bits per heavy atom. The van der Waals surface area contributed by atoms with Gasteiger partial charge in [-0.25, -0.2) is 4.98 Å². The van der Waals surface area contributed by atoms with Gasteiger partial charge in [0.15, 0.2) is 0 Å². The number of para-hydroxylation sites is 1. The van der Waals surface area contributed by atoms with E-state index in [0.717, 1.165) is 89.3 Å². The SMILES string of the molecule is c1ccc(-c2cccc(-c3cccc(-c4ccc5ccnc(-c6cccc(Oc7ccc8c9ccccc9n(-c9ccccn9)c8c7)c6)c5c4)c3)c2)nc1. The minimum atomic E-state index is 0.739. The topological polar surface area (TPSA) is 52.8 Å². The van der Waals surface area contributed by atoms with Gasteiger partial charge in [0, 0.05) is 51.9 Å². The standard InChI is InChI=1S/C49H32N4O/c1-2-18-46-42(16-1)43-23-22-41(32-47(43)53(46)48-19-4-6-26-51-48)54-40-15-9-14-39(30-40)49-44-31-37(21-20-33(44)24-27-52-49)35-11-7-10-34(28-35)36-12-8-13-38(29-36)45-17-3-5-25-50-45/h1-32H. The first-order chi connectivity index (χ1) is 26.7. The molecule has 0 bridgehead atoms. The van der Waals surface area contributed by atoms with Crippen molar-refractivity contribution in [2.24, 2.45) is 0 Å². The number of aromatic nitrogens is 4. The smallest absolute Gasteiger partial charge is 0.137 e. The molecule has 0 radical (unpaired) electrons. The number of ether oxygens (including phenoxy) is 1. The van der Waals surface area contributed by atoms with Crippen molar-refractivity contribution in [2.75, 3.05) is 0 Å². The van der Waals surface area contributed by atoms with Gasteiger partial charge in [-0.1, -0.05) is 91.0 Å². The van der Waals surface area contributed by atoms with Gasteiger partial charge >= 0.3 is 0 Å². The number of fused-ring (bicyclic) bond motifs is 4. The van der Waals surface area contributed by atoms with Crippen molar-refractivity contribution >= 4 is 32.6 Å². The van der Waals surface area contributed by atoms with Crippen LogP contribution < -0.4 is 4.74 Å². The summed E-state index contributed by atoms with van der Waals surface area (Å²) in [4.78, 5) is 14.1.